The molecule has 2 aromatic rings. The standard InChI is InChI=1S/C21H29N3O3S/c25-21(22-18-7-3-4-8-18)16-23-14-11-17-15-19(9-10-20(17)23)28(26,27)24-12-5-1-2-6-13-24/h9-11,14-15,18H,1-8,12-13,16H2,(H,22,25). The fourth-order valence-corrected chi connectivity index (χ4v) is 5.96. The summed E-state index contributed by atoms with van der Waals surface area (Å²) in [7, 11) is -3.46. The van der Waals surface area contributed by atoms with Crippen molar-refractivity contribution in [2.45, 2.75) is 68.8 Å². The van der Waals surface area contributed by atoms with E-state index in [4.69, 9.17) is 0 Å². The summed E-state index contributed by atoms with van der Waals surface area (Å²) in [5.41, 5.74) is 0.886. The van der Waals surface area contributed by atoms with Crippen LogP contribution in [-0.4, -0.2) is 42.3 Å². The van der Waals surface area contributed by atoms with E-state index in [0.717, 1.165) is 49.4 Å². The van der Waals surface area contributed by atoms with Gasteiger partial charge in [0, 0.05) is 36.2 Å². The monoisotopic (exact) mass is 403 g/mol. The Bertz CT molecular complexity index is 937. The van der Waals surface area contributed by atoms with Crippen LogP contribution in [0.15, 0.2) is 35.4 Å². The van der Waals surface area contributed by atoms with Gasteiger partial charge in [0.05, 0.1) is 4.90 Å². The average molecular weight is 404 g/mol. The van der Waals surface area contributed by atoms with E-state index in [2.05, 4.69) is 5.32 Å². The maximum atomic E-state index is 13.0. The fourth-order valence-electron chi connectivity index (χ4n) is 4.41. The number of sulfonamides is 1. The molecule has 0 atom stereocenters. The zero-order chi connectivity index (χ0) is 19.6. The molecular weight excluding hydrogens is 374 g/mol. The van der Waals surface area contributed by atoms with Gasteiger partial charge in [0.15, 0.2) is 0 Å². The second-order valence-corrected chi connectivity index (χ2v) is 9.97. The molecule has 1 N–H and O–H groups in total. The highest BCUT2D eigenvalue weighted by molar-refractivity contribution is 7.89. The molecule has 0 radical (unpaired) electrons. The lowest BCUT2D eigenvalue weighted by Crippen LogP contribution is -2.35. The first-order valence-corrected chi connectivity index (χ1v) is 11.9. The first kappa shape index (κ1) is 19.5. The second-order valence-electron chi connectivity index (χ2n) is 8.03. The molecule has 1 aliphatic heterocycles. The van der Waals surface area contributed by atoms with Crippen LogP contribution in [0, 0.1) is 0 Å². The highest BCUT2D eigenvalue weighted by Crippen LogP contribution is 2.25. The number of aromatic nitrogens is 1. The molecule has 4 rings (SSSR count). The van der Waals surface area contributed by atoms with E-state index in [1.54, 1.807) is 16.4 Å². The smallest absolute Gasteiger partial charge is 0.243 e. The van der Waals surface area contributed by atoms with E-state index in [0.29, 0.717) is 24.0 Å². The van der Waals surface area contributed by atoms with Gasteiger partial charge in [-0.1, -0.05) is 25.7 Å². The van der Waals surface area contributed by atoms with E-state index >= 15 is 0 Å². The topological polar surface area (TPSA) is 71.4 Å². The van der Waals surface area contributed by atoms with Crippen LogP contribution >= 0.6 is 0 Å². The number of carbonyl (C=O) groups excluding carboxylic acids is 1. The molecule has 1 aromatic carbocycles. The first-order valence-electron chi connectivity index (χ1n) is 10.4. The summed E-state index contributed by atoms with van der Waals surface area (Å²) in [5, 5.41) is 3.96. The normalized spacial score (nSPS) is 19.7. The van der Waals surface area contributed by atoms with Crippen molar-refractivity contribution < 1.29 is 13.2 Å². The third kappa shape index (κ3) is 4.10. The maximum Gasteiger partial charge on any atom is 0.243 e. The predicted molar refractivity (Wildman–Crippen MR) is 110 cm³/mol. The summed E-state index contributed by atoms with van der Waals surface area (Å²) in [6, 6.07) is 7.43. The number of nitrogens with one attached hydrogen (secondary N) is 1. The Balaban J connectivity index is 1.51. The van der Waals surface area contributed by atoms with Gasteiger partial charge in [0.1, 0.15) is 6.54 Å². The first-order chi connectivity index (χ1) is 13.5. The fraction of sp³-hybridized carbons (Fsp3) is 0.571. The van der Waals surface area contributed by atoms with Crippen molar-refractivity contribution >= 4 is 26.8 Å². The third-order valence-electron chi connectivity index (χ3n) is 5.98. The Morgan fingerprint density at radius 2 is 1.71 bits per heavy atom. The van der Waals surface area contributed by atoms with E-state index in [1.807, 2.05) is 22.9 Å². The highest BCUT2D eigenvalue weighted by Gasteiger charge is 2.25. The summed E-state index contributed by atoms with van der Waals surface area (Å²) in [6.45, 7) is 1.46. The summed E-state index contributed by atoms with van der Waals surface area (Å²) in [5.74, 6) is 0.0191. The van der Waals surface area contributed by atoms with Crippen LogP contribution in [0.4, 0.5) is 0 Å². The molecule has 0 spiro atoms. The van der Waals surface area contributed by atoms with Crippen molar-refractivity contribution in [3.8, 4) is 0 Å². The highest BCUT2D eigenvalue weighted by atomic mass is 32.2. The number of hydrogen-bond acceptors (Lipinski definition) is 3. The second kappa shape index (κ2) is 8.25. The van der Waals surface area contributed by atoms with Crippen LogP contribution in [0.1, 0.15) is 51.4 Å². The molecule has 152 valence electrons. The molecular formula is C21H29N3O3S. The van der Waals surface area contributed by atoms with Crippen LogP contribution in [0.25, 0.3) is 10.9 Å². The quantitative estimate of drug-likeness (QED) is 0.833. The number of amides is 1. The molecule has 1 aromatic heterocycles. The lowest BCUT2D eigenvalue weighted by atomic mass is 10.2. The minimum absolute atomic E-state index is 0.0191. The predicted octanol–water partition coefficient (Wildman–Crippen LogP) is 3.26. The Hall–Kier alpha value is -1.86. The molecule has 1 aliphatic carbocycles. The Morgan fingerprint density at radius 3 is 2.43 bits per heavy atom. The van der Waals surface area contributed by atoms with Crippen molar-refractivity contribution in [3.05, 3.63) is 30.5 Å². The van der Waals surface area contributed by atoms with Crippen LogP contribution < -0.4 is 5.32 Å². The zero-order valence-electron chi connectivity index (χ0n) is 16.3. The van der Waals surface area contributed by atoms with Gasteiger partial charge in [-0.25, -0.2) is 8.42 Å². The summed E-state index contributed by atoms with van der Waals surface area (Å²) in [6.07, 6.45) is 10.4. The summed E-state index contributed by atoms with van der Waals surface area (Å²) < 4.78 is 29.5. The van der Waals surface area contributed by atoms with Gasteiger partial charge < -0.3 is 9.88 Å². The SMILES string of the molecule is O=C(Cn1ccc2cc(S(=O)(=O)N3CCCCCC3)ccc21)NC1CCCC1. The molecule has 2 fully saturated rings. The van der Waals surface area contributed by atoms with Crippen molar-refractivity contribution in [2.75, 3.05) is 13.1 Å². The van der Waals surface area contributed by atoms with E-state index < -0.39 is 10.0 Å². The lowest BCUT2D eigenvalue weighted by Gasteiger charge is -2.20. The van der Waals surface area contributed by atoms with Gasteiger partial charge in [0.2, 0.25) is 15.9 Å². The zero-order valence-corrected chi connectivity index (χ0v) is 17.1. The van der Waals surface area contributed by atoms with E-state index in [9.17, 15) is 13.2 Å². The molecule has 28 heavy (non-hydrogen) atoms. The number of nitrogens with zero attached hydrogens (tertiary/aromatic N) is 2. The molecule has 0 unspecified atom stereocenters. The van der Waals surface area contributed by atoms with Crippen LogP contribution in [-0.2, 0) is 21.4 Å². The molecule has 1 saturated carbocycles. The van der Waals surface area contributed by atoms with Crippen molar-refractivity contribution in [1.82, 2.24) is 14.2 Å². The number of rotatable bonds is 5. The van der Waals surface area contributed by atoms with Gasteiger partial charge in [-0.05, 0) is 49.9 Å². The van der Waals surface area contributed by atoms with Gasteiger partial charge in [-0.3, -0.25) is 4.79 Å². The summed E-state index contributed by atoms with van der Waals surface area (Å²) in [4.78, 5) is 12.7. The van der Waals surface area contributed by atoms with Gasteiger partial charge in [0.25, 0.3) is 0 Å². The lowest BCUT2D eigenvalue weighted by molar-refractivity contribution is -0.122. The van der Waals surface area contributed by atoms with Gasteiger partial charge in [-0.2, -0.15) is 4.31 Å². The number of fused-ring (bicyclic) bond motifs is 1. The molecule has 7 heteroatoms. The van der Waals surface area contributed by atoms with Crippen LogP contribution in [0.3, 0.4) is 0 Å². The van der Waals surface area contributed by atoms with E-state index in [1.165, 1.54) is 12.8 Å². The molecule has 1 amide bonds. The molecule has 1 saturated heterocycles. The minimum Gasteiger partial charge on any atom is -0.352 e. The third-order valence-corrected chi connectivity index (χ3v) is 7.87. The van der Waals surface area contributed by atoms with Gasteiger partial charge in [-0.15, -0.1) is 0 Å². The van der Waals surface area contributed by atoms with Crippen molar-refractivity contribution in [2.24, 2.45) is 0 Å². The van der Waals surface area contributed by atoms with Crippen LogP contribution in [0.2, 0.25) is 0 Å². The molecule has 2 heterocycles. The Morgan fingerprint density at radius 1 is 1.00 bits per heavy atom. The van der Waals surface area contributed by atoms with Crippen molar-refractivity contribution in [1.29, 1.82) is 0 Å². The minimum atomic E-state index is -3.46. The van der Waals surface area contributed by atoms with Gasteiger partial charge >= 0.3 is 0 Å². The maximum absolute atomic E-state index is 13.0. The summed E-state index contributed by atoms with van der Waals surface area (Å²) >= 11 is 0. The number of hydrogen-bond donors (Lipinski definition) is 1. The number of benzene rings is 1. The van der Waals surface area contributed by atoms with Crippen LogP contribution in [0.5, 0.6) is 0 Å². The largest absolute Gasteiger partial charge is 0.352 e. The number of carbonyl (C=O) groups is 1. The Kier molecular flexibility index (Phi) is 5.73. The molecule has 6 nitrogen and oxygen atoms in total. The van der Waals surface area contributed by atoms with E-state index in [-0.39, 0.29) is 12.5 Å². The Labute approximate surface area is 166 Å². The molecule has 2 aliphatic rings. The van der Waals surface area contributed by atoms with Crippen molar-refractivity contribution in [3.63, 3.8) is 0 Å². The average Bonchev–Trinajstić information content (AvgIpc) is 3.23. The molecule has 0 bridgehead atoms.